The maximum Gasteiger partial charge on any atom is 0.339 e. The molecule has 1 heterocycles. The summed E-state index contributed by atoms with van der Waals surface area (Å²) < 4.78 is 16.7. The molecule has 0 spiro atoms. The van der Waals surface area contributed by atoms with Crippen molar-refractivity contribution in [3.8, 4) is 17.2 Å². The van der Waals surface area contributed by atoms with Gasteiger partial charge in [0.2, 0.25) is 0 Å². The fourth-order valence-corrected chi connectivity index (χ4v) is 4.56. The summed E-state index contributed by atoms with van der Waals surface area (Å²) in [6.45, 7) is 1.11. The van der Waals surface area contributed by atoms with Gasteiger partial charge in [0.05, 0.1) is 7.11 Å². The Morgan fingerprint density at radius 2 is 1.73 bits per heavy atom. The Balaban J connectivity index is 1.44. The number of carboxylic acid groups (broad SMARTS) is 2. The molecule has 10 heteroatoms. The molecule has 40 heavy (non-hydrogen) atoms. The number of fused-ring (bicyclic) bond motifs is 1. The van der Waals surface area contributed by atoms with E-state index >= 15 is 0 Å². The summed E-state index contributed by atoms with van der Waals surface area (Å²) in [7, 11) is 3.44. The zero-order chi connectivity index (χ0) is 28.6. The molecular weight excluding hydrogens is 516 g/mol. The summed E-state index contributed by atoms with van der Waals surface area (Å²) >= 11 is 0. The fraction of sp³-hybridized carbons (Fsp3) is 0.300. The second kappa shape index (κ2) is 13.0. The molecule has 0 saturated heterocycles. The number of aliphatic carboxylic acids is 1. The molecular formula is C30H32N2O8. The molecule has 10 nitrogen and oxygen atoms in total. The first-order valence-corrected chi connectivity index (χ1v) is 12.8. The summed E-state index contributed by atoms with van der Waals surface area (Å²) in [5, 5.41) is 21.8. The summed E-state index contributed by atoms with van der Waals surface area (Å²) in [4.78, 5) is 38.0. The molecule has 1 atom stereocenters. The van der Waals surface area contributed by atoms with E-state index in [4.69, 9.17) is 19.3 Å². The standard InChI is InChI=1S/C30H32N2O8/c1-32(16-20-5-3-4-6-24(20)29(35)31-15-19-7-10-22(38-2)11-8-19)17-21-9-13-25-28(27(21)30(36)37)39-18-23(40-25)12-14-26(33)34/h3-11,13,23H,12,14-18H2,1-2H3,(H,31,35)(H,33,34)(H,36,37)/t23-/m0/s1. The highest BCUT2D eigenvalue weighted by molar-refractivity contribution is 5.95. The molecule has 1 amide bonds. The number of hydrogen-bond acceptors (Lipinski definition) is 7. The minimum absolute atomic E-state index is 0.00607. The quantitative estimate of drug-likeness (QED) is 0.307. The van der Waals surface area contributed by atoms with Crippen LogP contribution in [0.4, 0.5) is 0 Å². The molecule has 0 aliphatic carbocycles. The number of carboxylic acids is 2. The van der Waals surface area contributed by atoms with Crippen molar-refractivity contribution in [2.24, 2.45) is 0 Å². The summed E-state index contributed by atoms with van der Waals surface area (Å²) in [6, 6.07) is 18.1. The van der Waals surface area contributed by atoms with Crippen LogP contribution in [-0.2, 0) is 24.4 Å². The number of carbonyl (C=O) groups is 3. The van der Waals surface area contributed by atoms with Gasteiger partial charge in [0.15, 0.2) is 11.5 Å². The second-order valence-corrected chi connectivity index (χ2v) is 9.58. The van der Waals surface area contributed by atoms with E-state index in [1.165, 1.54) is 0 Å². The van der Waals surface area contributed by atoms with Gasteiger partial charge in [-0.1, -0.05) is 36.4 Å². The molecule has 0 unspecified atom stereocenters. The van der Waals surface area contributed by atoms with Crippen molar-refractivity contribution in [1.29, 1.82) is 0 Å². The van der Waals surface area contributed by atoms with Gasteiger partial charge < -0.3 is 29.7 Å². The number of nitrogens with one attached hydrogen (secondary N) is 1. The highest BCUT2D eigenvalue weighted by Crippen LogP contribution is 2.38. The summed E-state index contributed by atoms with van der Waals surface area (Å²) in [5.41, 5.74) is 2.81. The van der Waals surface area contributed by atoms with Crippen LogP contribution in [0.5, 0.6) is 17.2 Å². The molecule has 4 rings (SSSR count). The zero-order valence-corrected chi connectivity index (χ0v) is 22.4. The van der Waals surface area contributed by atoms with Crippen LogP contribution in [0.2, 0.25) is 0 Å². The van der Waals surface area contributed by atoms with Crippen LogP contribution >= 0.6 is 0 Å². The van der Waals surface area contributed by atoms with Crippen LogP contribution in [0.15, 0.2) is 60.7 Å². The summed E-state index contributed by atoms with van der Waals surface area (Å²) in [6.07, 6.45) is -0.278. The number of aromatic carboxylic acids is 1. The molecule has 0 bridgehead atoms. The predicted molar refractivity (Wildman–Crippen MR) is 146 cm³/mol. The molecule has 0 fully saturated rings. The largest absolute Gasteiger partial charge is 0.497 e. The highest BCUT2D eigenvalue weighted by atomic mass is 16.6. The van der Waals surface area contributed by atoms with E-state index in [1.807, 2.05) is 48.3 Å². The summed E-state index contributed by atoms with van der Waals surface area (Å²) in [5.74, 6) is -1.12. The predicted octanol–water partition coefficient (Wildman–Crippen LogP) is 3.96. The number of benzene rings is 3. The first-order chi connectivity index (χ1) is 19.2. The van der Waals surface area contributed by atoms with E-state index in [-0.39, 0.29) is 49.0 Å². The van der Waals surface area contributed by atoms with Crippen LogP contribution in [0.3, 0.4) is 0 Å². The Labute approximate surface area is 232 Å². The van der Waals surface area contributed by atoms with Gasteiger partial charge >= 0.3 is 11.9 Å². The minimum atomic E-state index is -1.15. The number of carbonyl (C=O) groups excluding carboxylic acids is 1. The number of ether oxygens (including phenoxy) is 3. The van der Waals surface area contributed by atoms with Gasteiger partial charge in [-0.05, 0) is 54.4 Å². The van der Waals surface area contributed by atoms with Crippen molar-refractivity contribution in [1.82, 2.24) is 10.2 Å². The zero-order valence-electron chi connectivity index (χ0n) is 22.4. The number of amides is 1. The third-order valence-electron chi connectivity index (χ3n) is 6.56. The minimum Gasteiger partial charge on any atom is -0.497 e. The van der Waals surface area contributed by atoms with Crippen molar-refractivity contribution in [2.45, 2.75) is 38.6 Å². The van der Waals surface area contributed by atoms with Crippen molar-refractivity contribution in [3.05, 3.63) is 88.5 Å². The maximum atomic E-state index is 13.0. The number of methoxy groups -OCH3 is 1. The lowest BCUT2D eigenvalue weighted by Crippen LogP contribution is -2.31. The molecule has 3 aromatic rings. The van der Waals surface area contributed by atoms with Gasteiger partial charge in [0.1, 0.15) is 24.0 Å². The second-order valence-electron chi connectivity index (χ2n) is 9.58. The van der Waals surface area contributed by atoms with Gasteiger partial charge in [-0.3, -0.25) is 14.5 Å². The van der Waals surface area contributed by atoms with E-state index in [0.29, 0.717) is 24.2 Å². The van der Waals surface area contributed by atoms with Gasteiger partial charge in [0.25, 0.3) is 5.91 Å². The van der Waals surface area contributed by atoms with E-state index in [9.17, 15) is 19.5 Å². The van der Waals surface area contributed by atoms with Crippen molar-refractivity contribution < 1.29 is 38.8 Å². The van der Waals surface area contributed by atoms with Crippen molar-refractivity contribution in [3.63, 3.8) is 0 Å². The fourth-order valence-electron chi connectivity index (χ4n) is 4.56. The first-order valence-electron chi connectivity index (χ1n) is 12.8. The average molecular weight is 549 g/mol. The van der Waals surface area contributed by atoms with Gasteiger partial charge in [0, 0.05) is 31.6 Å². The number of rotatable bonds is 12. The molecule has 0 aromatic heterocycles. The Kier molecular flexibility index (Phi) is 9.23. The van der Waals surface area contributed by atoms with Crippen LogP contribution in [-0.4, -0.2) is 59.8 Å². The first kappa shape index (κ1) is 28.4. The van der Waals surface area contributed by atoms with E-state index in [2.05, 4.69) is 5.32 Å². The lowest BCUT2D eigenvalue weighted by Gasteiger charge is -2.28. The normalized spacial score (nSPS) is 14.0. The number of hydrogen-bond donors (Lipinski definition) is 3. The van der Waals surface area contributed by atoms with E-state index in [0.717, 1.165) is 16.9 Å². The van der Waals surface area contributed by atoms with Crippen LogP contribution < -0.4 is 19.5 Å². The Morgan fingerprint density at radius 1 is 1.00 bits per heavy atom. The Morgan fingerprint density at radius 3 is 2.42 bits per heavy atom. The Hall–Kier alpha value is -4.57. The van der Waals surface area contributed by atoms with Crippen molar-refractivity contribution in [2.75, 3.05) is 20.8 Å². The van der Waals surface area contributed by atoms with Crippen molar-refractivity contribution >= 4 is 17.8 Å². The van der Waals surface area contributed by atoms with Gasteiger partial charge in [-0.2, -0.15) is 0 Å². The third-order valence-corrected chi connectivity index (χ3v) is 6.56. The third kappa shape index (κ3) is 7.09. The highest BCUT2D eigenvalue weighted by Gasteiger charge is 2.29. The average Bonchev–Trinajstić information content (AvgIpc) is 2.94. The monoisotopic (exact) mass is 548 g/mol. The molecule has 1 aliphatic heterocycles. The van der Waals surface area contributed by atoms with Crippen LogP contribution in [0.25, 0.3) is 0 Å². The van der Waals surface area contributed by atoms with Crippen LogP contribution in [0, 0.1) is 0 Å². The lowest BCUT2D eigenvalue weighted by atomic mass is 10.0. The van der Waals surface area contributed by atoms with E-state index in [1.54, 1.807) is 31.4 Å². The van der Waals surface area contributed by atoms with Gasteiger partial charge in [-0.15, -0.1) is 0 Å². The topological polar surface area (TPSA) is 135 Å². The smallest absolute Gasteiger partial charge is 0.339 e. The molecule has 1 aliphatic rings. The number of nitrogens with zero attached hydrogens (tertiary/aromatic N) is 1. The lowest BCUT2D eigenvalue weighted by molar-refractivity contribution is -0.137. The molecule has 3 aromatic carbocycles. The maximum absolute atomic E-state index is 13.0. The molecule has 0 radical (unpaired) electrons. The van der Waals surface area contributed by atoms with Crippen LogP contribution in [0.1, 0.15) is 50.2 Å². The molecule has 3 N–H and O–H groups in total. The Bertz CT molecular complexity index is 1370. The van der Waals surface area contributed by atoms with E-state index < -0.39 is 18.0 Å². The SMILES string of the molecule is COc1ccc(CNC(=O)c2ccccc2CN(C)Cc2ccc3c(c2C(=O)O)OC[C@H](CCC(=O)O)O3)cc1. The molecule has 210 valence electrons. The van der Waals surface area contributed by atoms with Gasteiger partial charge in [-0.25, -0.2) is 4.79 Å². The molecule has 0 saturated carbocycles.